The quantitative estimate of drug-likeness (QED) is 0.430. The maximum Gasteiger partial charge on any atom is 0.269 e. The molecule has 0 radical (unpaired) electrons. The van der Waals surface area contributed by atoms with Crippen LogP contribution in [0.25, 0.3) is 5.69 Å². The minimum atomic E-state index is -0.746. The molecule has 0 aliphatic carbocycles. The summed E-state index contributed by atoms with van der Waals surface area (Å²) < 4.78 is 25.0. The summed E-state index contributed by atoms with van der Waals surface area (Å²) in [5.74, 6) is 2.04. The highest BCUT2D eigenvalue weighted by molar-refractivity contribution is 6.01. The molecule has 4 heterocycles. The molecular weight excluding hydrogens is 484 g/mol. The number of Topliss-reactive ketones (excluding diaryl/α,β-unsaturated/α-hetero) is 1. The smallest absolute Gasteiger partial charge is 0.269 e. The third-order valence-electron chi connectivity index (χ3n) is 7.13. The van der Waals surface area contributed by atoms with Gasteiger partial charge in [-0.15, -0.1) is 0 Å². The van der Waals surface area contributed by atoms with Crippen molar-refractivity contribution >= 4 is 17.4 Å². The Morgan fingerprint density at radius 3 is 2.42 bits per heavy atom. The van der Waals surface area contributed by atoms with E-state index in [9.17, 15) is 9.59 Å². The molecule has 3 aliphatic heterocycles. The Morgan fingerprint density at radius 2 is 1.61 bits per heavy atom. The predicted octanol–water partition coefficient (Wildman–Crippen LogP) is 4.75. The number of benzene rings is 3. The van der Waals surface area contributed by atoms with Gasteiger partial charge in [0.1, 0.15) is 19.8 Å². The van der Waals surface area contributed by atoms with E-state index < -0.39 is 6.10 Å². The highest BCUT2D eigenvalue weighted by Gasteiger charge is 2.31. The molecule has 3 aromatic carbocycles. The first-order valence-electron chi connectivity index (χ1n) is 12.6. The number of aromatic nitrogens is 1. The van der Waals surface area contributed by atoms with Gasteiger partial charge in [-0.1, -0.05) is 24.3 Å². The largest absolute Gasteiger partial charge is 0.486 e. The Hall–Kier alpha value is -4.72. The molecule has 0 fully saturated rings. The van der Waals surface area contributed by atoms with Crippen molar-refractivity contribution in [1.29, 1.82) is 0 Å². The van der Waals surface area contributed by atoms with Gasteiger partial charge in [-0.2, -0.15) is 0 Å². The van der Waals surface area contributed by atoms with E-state index >= 15 is 0 Å². The van der Waals surface area contributed by atoms with Gasteiger partial charge >= 0.3 is 0 Å². The average Bonchev–Trinajstić information content (AvgIpc) is 3.41. The van der Waals surface area contributed by atoms with Crippen molar-refractivity contribution in [2.24, 2.45) is 0 Å². The molecule has 8 nitrogen and oxygen atoms in total. The number of ether oxygens (including phenoxy) is 4. The van der Waals surface area contributed by atoms with E-state index in [0.29, 0.717) is 53.9 Å². The van der Waals surface area contributed by atoms with Crippen LogP contribution in [0.1, 0.15) is 34.0 Å². The molecule has 8 heteroatoms. The molecule has 2 unspecified atom stereocenters. The first-order chi connectivity index (χ1) is 18.6. The fraction of sp³-hybridized carbons (Fsp3) is 0.200. The number of hydrogen-bond acceptors (Lipinski definition) is 6. The molecule has 0 spiro atoms. The molecule has 0 saturated carbocycles. The Balaban J connectivity index is 1.13. The van der Waals surface area contributed by atoms with Gasteiger partial charge in [0.15, 0.2) is 28.8 Å². The van der Waals surface area contributed by atoms with E-state index in [-0.39, 0.29) is 24.2 Å². The molecular formula is C30H24N2O6. The van der Waals surface area contributed by atoms with E-state index in [2.05, 4.69) is 9.88 Å². The molecule has 7 rings (SSSR count). The number of carbonyl (C=O) groups excluding carboxylic acids is 2. The van der Waals surface area contributed by atoms with Crippen LogP contribution in [-0.2, 0) is 4.79 Å². The van der Waals surface area contributed by atoms with Gasteiger partial charge in [-0.25, -0.2) is 0 Å². The van der Waals surface area contributed by atoms with Crippen molar-refractivity contribution in [1.82, 2.24) is 4.57 Å². The van der Waals surface area contributed by atoms with Crippen LogP contribution in [0.5, 0.6) is 23.0 Å². The maximum absolute atomic E-state index is 13.4. The van der Waals surface area contributed by atoms with E-state index in [1.165, 1.54) is 0 Å². The maximum atomic E-state index is 13.4. The number of fused-ring (bicyclic) bond motifs is 5. The third-order valence-corrected chi connectivity index (χ3v) is 7.13. The lowest BCUT2D eigenvalue weighted by Gasteiger charge is -2.25. The van der Waals surface area contributed by atoms with Crippen LogP contribution in [0.4, 0.5) is 5.69 Å². The number of anilines is 1. The van der Waals surface area contributed by atoms with Gasteiger partial charge in [-0.3, -0.25) is 9.59 Å². The van der Waals surface area contributed by atoms with Gasteiger partial charge in [0.2, 0.25) is 6.10 Å². The molecule has 3 aliphatic rings. The van der Waals surface area contributed by atoms with Crippen molar-refractivity contribution in [3.63, 3.8) is 0 Å². The summed E-state index contributed by atoms with van der Waals surface area (Å²) in [6.07, 6.45) is 1.54. The topological polar surface area (TPSA) is 88.0 Å². The number of ketones is 1. The SMILES string of the molecule is O=C1CC(c2ccc(NC(=O)C3COc4ccccc4O3)cc2)c2cccn2-c2cc3c(cc21)OCCO3. The van der Waals surface area contributed by atoms with Gasteiger partial charge in [-0.05, 0) is 48.0 Å². The standard InChI is InChI=1S/C30H24N2O6/c33-24-14-20(22-4-3-11-32(22)23-16-28-27(15-21(23)24)35-12-13-36-28)18-7-9-19(10-8-18)31-30(34)29-17-37-25-5-1-2-6-26(25)38-29/h1-11,15-16,20,29H,12-14,17H2,(H,31,34). The Kier molecular flexibility index (Phi) is 5.32. The molecule has 190 valence electrons. The van der Waals surface area contributed by atoms with E-state index in [0.717, 1.165) is 16.9 Å². The fourth-order valence-electron chi connectivity index (χ4n) is 5.26. The zero-order valence-electron chi connectivity index (χ0n) is 20.4. The van der Waals surface area contributed by atoms with Gasteiger partial charge in [0, 0.05) is 41.5 Å². The fourth-order valence-corrected chi connectivity index (χ4v) is 5.26. The first kappa shape index (κ1) is 22.5. The minimum absolute atomic E-state index is 0.0396. The summed E-state index contributed by atoms with van der Waals surface area (Å²) in [7, 11) is 0. The summed E-state index contributed by atoms with van der Waals surface area (Å²) in [5, 5.41) is 2.91. The number of carbonyl (C=O) groups is 2. The van der Waals surface area contributed by atoms with Crippen molar-refractivity contribution < 1.29 is 28.5 Å². The zero-order chi connectivity index (χ0) is 25.6. The first-order valence-corrected chi connectivity index (χ1v) is 12.6. The van der Waals surface area contributed by atoms with Crippen LogP contribution in [-0.4, -0.2) is 42.2 Å². The Labute approximate surface area is 218 Å². The number of para-hydroxylation sites is 2. The van der Waals surface area contributed by atoms with Crippen LogP contribution >= 0.6 is 0 Å². The van der Waals surface area contributed by atoms with E-state index in [1.807, 2.05) is 66.9 Å². The molecule has 0 bridgehead atoms. The third kappa shape index (κ3) is 3.85. The van der Waals surface area contributed by atoms with Crippen LogP contribution in [0.3, 0.4) is 0 Å². The van der Waals surface area contributed by atoms with Gasteiger partial charge in [0.05, 0.1) is 5.69 Å². The van der Waals surface area contributed by atoms with Gasteiger partial charge in [0.25, 0.3) is 5.91 Å². The second-order valence-corrected chi connectivity index (χ2v) is 9.47. The molecule has 1 amide bonds. The Bertz CT molecular complexity index is 1560. The van der Waals surface area contributed by atoms with E-state index in [1.54, 1.807) is 12.1 Å². The van der Waals surface area contributed by atoms with Crippen molar-refractivity contribution in [2.45, 2.75) is 18.4 Å². The van der Waals surface area contributed by atoms with Crippen molar-refractivity contribution in [2.75, 3.05) is 25.1 Å². The highest BCUT2D eigenvalue weighted by Crippen LogP contribution is 2.41. The van der Waals surface area contributed by atoms with Crippen molar-refractivity contribution in [3.05, 3.63) is 95.8 Å². The zero-order valence-corrected chi connectivity index (χ0v) is 20.4. The molecule has 2 atom stereocenters. The van der Waals surface area contributed by atoms with Gasteiger partial charge < -0.3 is 28.8 Å². The molecule has 1 aromatic heterocycles. The van der Waals surface area contributed by atoms with E-state index in [4.69, 9.17) is 18.9 Å². The lowest BCUT2D eigenvalue weighted by Crippen LogP contribution is -2.40. The second-order valence-electron chi connectivity index (χ2n) is 9.47. The van der Waals surface area contributed by atoms with Crippen LogP contribution in [0.15, 0.2) is 79.0 Å². The number of nitrogens with one attached hydrogen (secondary N) is 1. The predicted molar refractivity (Wildman–Crippen MR) is 139 cm³/mol. The normalized spacial score (nSPS) is 19.1. The number of nitrogens with zero attached hydrogens (tertiary/aromatic N) is 1. The average molecular weight is 509 g/mol. The Morgan fingerprint density at radius 1 is 0.842 bits per heavy atom. The van der Waals surface area contributed by atoms with Crippen LogP contribution in [0.2, 0.25) is 0 Å². The van der Waals surface area contributed by atoms with Crippen LogP contribution in [0, 0.1) is 0 Å². The number of rotatable bonds is 3. The summed E-state index contributed by atoms with van der Waals surface area (Å²) in [5.41, 5.74) is 4.04. The molecule has 4 aromatic rings. The summed E-state index contributed by atoms with van der Waals surface area (Å²) in [6, 6.07) is 22.6. The summed E-state index contributed by atoms with van der Waals surface area (Å²) >= 11 is 0. The second kappa shape index (κ2) is 8.99. The van der Waals surface area contributed by atoms with Crippen molar-refractivity contribution in [3.8, 4) is 28.7 Å². The minimum Gasteiger partial charge on any atom is -0.486 e. The molecule has 1 N–H and O–H groups in total. The molecule has 0 saturated heterocycles. The molecule has 38 heavy (non-hydrogen) atoms. The lowest BCUT2D eigenvalue weighted by molar-refractivity contribution is -0.125. The summed E-state index contributed by atoms with van der Waals surface area (Å²) in [6.45, 7) is 1.09. The summed E-state index contributed by atoms with van der Waals surface area (Å²) in [4.78, 5) is 26.3. The number of amides is 1. The lowest BCUT2D eigenvalue weighted by atomic mass is 9.90. The monoisotopic (exact) mass is 508 g/mol. The van der Waals surface area contributed by atoms with Crippen LogP contribution < -0.4 is 24.3 Å². The highest BCUT2D eigenvalue weighted by atomic mass is 16.6. The number of hydrogen-bond donors (Lipinski definition) is 1.